The summed E-state index contributed by atoms with van der Waals surface area (Å²) in [7, 11) is 1.67. The molecule has 146 valence electrons. The van der Waals surface area contributed by atoms with Gasteiger partial charge in [0.25, 0.3) is 0 Å². The highest BCUT2D eigenvalue weighted by molar-refractivity contribution is 5.48. The van der Waals surface area contributed by atoms with Gasteiger partial charge >= 0.3 is 0 Å². The lowest BCUT2D eigenvalue weighted by atomic mass is 10.1. The SMILES string of the molecule is C=C/C(=C\C=C(/C)CN(CCCCCC)c1ccc(C)cc1)OC.CC. The van der Waals surface area contributed by atoms with Gasteiger partial charge in [0.15, 0.2) is 0 Å². The highest BCUT2D eigenvalue weighted by atomic mass is 16.5. The van der Waals surface area contributed by atoms with Crippen LogP contribution in [0.2, 0.25) is 0 Å². The van der Waals surface area contributed by atoms with Gasteiger partial charge in [-0.2, -0.15) is 0 Å². The van der Waals surface area contributed by atoms with E-state index in [9.17, 15) is 0 Å². The fraction of sp³-hybridized carbons (Fsp3) is 0.500. The Morgan fingerprint density at radius 1 is 1.08 bits per heavy atom. The summed E-state index contributed by atoms with van der Waals surface area (Å²) in [4.78, 5) is 2.47. The molecule has 0 aliphatic carbocycles. The van der Waals surface area contributed by atoms with Crippen LogP contribution in [-0.4, -0.2) is 20.2 Å². The summed E-state index contributed by atoms with van der Waals surface area (Å²) >= 11 is 0. The minimum Gasteiger partial charge on any atom is -0.497 e. The third-order valence-corrected chi connectivity index (χ3v) is 4.09. The summed E-state index contributed by atoms with van der Waals surface area (Å²) in [6.07, 6.45) is 10.9. The summed E-state index contributed by atoms with van der Waals surface area (Å²) < 4.78 is 5.23. The van der Waals surface area contributed by atoms with Crippen molar-refractivity contribution in [2.24, 2.45) is 0 Å². The van der Waals surface area contributed by atoms with E-state index in [0.29, 0.717) is 0 Å². The van der Waals surface area contributed by atoms with Crippen LogP contribution < -0.4 is 4.90 Å². The molecule has 0 unspecified atom stereocenters. The zero-order valence-electron chi connectivity index (χ0n) is 17.8. The lowest BCUT2D eigenvalue weighted by Crippen LogP contribution is -2.26. The Hall–Kier alpha value is -1.96. The van der Waals surface area contributed by atoms with Crippen molar-refractivity contribution in [3.63, 3.8) is 0 Å². The first-order valence-corrected chi connectivity index (χ1v) is 9.96. The molecule has 0 amide bonds. The van der Waals surface area contributed by atoms with Crippen LogP contribution in [0.15, 0.2) is 60.4 Å². The normalized spacial score (nSPS) is 11.5. The Labute approximate surface area is 162 Å². The molecule has 0 aliphatic heterocycles. The minimum absolute atomic E-state index is 0.791. The smallest absolute Gasteiger partial charge is 0.118 e. The number of rotatable bonds is 11. The number of nitrogens with zero attached hydrogens (tertiary/aromatic N) is 1. The van der Waals surface area contributed by atoms with E-state index in [1.165, 1.54) is 42.5 Å². The van der Waals surface area contributed by atoms with Gasteiger partial charge in [-0.1, -0.05) is 76.0 Å². The summed E-state index contributed by atoms with van der Waals surface area (Å²) in [5.41, 5.74) is 3.91. The average Bonchev–Trinajstić information content (AvgIpc) is 2.67. The molecular formula is C24H39NO. The fourth-order valence-electron chi connectivity index (χ4n) is 2.58. The van der Waals surface area contributed by atoms with Crippen molar-refractivity contribution in [3.8, 4) is 0 Å². The molecule has 1 aromatic rings. The van der Waals surface area contributed by atoms with Gasteiger partial charge in [0.1, 0.15) is 5.76 Å². The Morgan fingerprint density at radius 2 is 1.73 bits per heavy atom. The summed E-state index contributed by atoms with van der Waals surface area (Å²) in [6.45, 7) is 16.3. The van der Waals surface area contributed by atoms with E-state index in [-0.39, 0.29) is 0 Å². The van der Waals surface area contributed by atoms with Gasteiger partial charge in [-0.15, -0.1) is 0 Å². The summed E-state index contributed by atoms with van der Waals surface area (Å²) in [5, 5.41) is 0. The maximum atomic E-state index is 5.23. The van der Waals surface area contributed by atoms with Gasteiger partial charge in [-0.25, -0.2) is 0 Å². The molecule has 0 aliphatic rings. The van der Waals surface area contributed by atoms with Crippen molar-refractivity contribution in [3.05, 3.63) is 66.0 Å². The van der Waals surface area contributed by atoms with Gasteiger partial charge in [0.2, 0.25) is 0 Å². The van der Waals surface area contributed by atoms with Crippen LogP contribution in [0.5, 0.6) is 0 Å². The Bertz CT molecular complexity index is 540. The van der Waals surface area contributed by atoms with E-state index in [1.807, 2.05) is 19.9 Å². The number of unbranched alkanes of at least 4 members (excludes halogenated alkanes) is 3. The van der Waals surface area contributed by atoms with Crippen molar-refractivity contribution in [1.82, 2.24) is 0 Å². The molecule has 0 heterocycles. The van der Waals surface area contributed by atoms with Crippen molar-refractivity contribution in [1.29, 1.82) is 0 Å². The van der Waals surface area contributed by atoms with Crippen molar-refractivity contribution < 1.29 is 4.74 Å². The molecule has 0 N–H and O–H groups in total. The number of hydrogen-bond donors (Lipinski definition) is 0. The molecule has 0 saturated carbocycles. The number of ether oxygens (including phenoxy) is 1. The van der Waals surface area contributed by atoms with Crippen LogP contribution in [-0.2, 0) is 4.74 Å². The number of allylic oxidation sites excluding steroid dienone is 3. The largest absolute Gasteiger partial charge is 0.497 e. The maximum Gasteiger partial charge on any atom is 0.118 e. The molecule has 26 heavy (non-hydrogen) atoms. The van der Waals surface area contributed by atoms with Crippen LogP contribution in [0.25, 0.3) is 0 Å². The van der Waals surface area contributed by atoms with E-state index in [1.54, 1.807) is 13.2 Å². The second kappa shape index (κ2) is 15.3. The molecular weight excluding hydrogens is 318 g/mol. The minimum atomic E-state index is 0.791. The first-order chi connectivity index (χ1) is 12.6. The molecule has 0 saturated heterocycles. The van der Waals surface area contributed by atoms with E-state index >= 15 is 0 Å². The van der Waals surface area contributed by atoms with E-state index in [2.05, 4.69) is 62.6 Å². The van der Waals surface area contributed by atoms with Crippen molar-refractivity contribution >= 4 is 5.69 Å². The van der Waals surface area contributed by atoms with E-state index < -0.39 is 0 Å². The zero-order chi connectivity index (χ0) is 19.8. The number of anilines is 1. The van der Waals surface area contributed by atoms with Gasteiger partial charge in [-0.05, 0) is 44.6 Å². The van der Waals surface area contributed by atoms with Gasteiger partial charge in [0, 0.05) is 18.8 Å². The third-order valence-electron chi connectivity index (χ3n) is 4.09. The average molecular weight is 358 g/mol. The second-order valence-electron chi connectivity index (χ2n) is 6.31. The summed E-state index contributed by atoms with van der Waals surface area (Å²) in [6, 6.07) is 8.83. The van der Waals surface area contributed by atoms with Gasteiger partial charge in [-0.3, -0.25) is 0 Å². The Morgan fingerprint density at radius 3 is 2.27 bits per heavy atom. The number of aryl methyl sites for hydroxylation is 1. The molecule has 2 heteroatoms. The number of methoxy groups -OCH3 is 1. The van der Waals surface area contributed by atoms with E-state index in [4.69, 9.17) is 4.74 Å². The molecule has 0 aromatic heterocycles. The second-order valence-corrected chi connectivity index (χ2v) is 6.31. The first-order valence-electron chi connectivity index (χ1n) is 9.96. The molecule has 1 rings (SSSR count). The predicted molar refractivity (Wildman–Crippen MR) is 118 cm³/mol. The Balaban J connectivity index is 0.00000301. The Kier molecular flexibility index (Phi) is 14.2. The lowest BCUT2D eigenvalue weighted by Gasteiger charge is -2.25. The molecule has 0 fully saturated rings. The van der Waals surface area contributed by atoms with Crippen LogP contribution in [0, 0.1) is 6.92 Å². The standard InChI is InChI=1S/C22H33NO.C2H6/c1-6-8-9-10-17-23(21-14-11-19(3)12-15-21)18-20(4)13-16-22(7-2)24-5;1-2/h7,11-16H,2,6,8-10,17-18H2,1,3-5H3;1-2H3/b20-13+,22-16+;. The predicted octanol–water partition coefficient (Wildman–Crippen LogP) is 7.07. The van der Waals surface area contributed by atoms with Gasteiger partial charge < -0.3 is 9.64 Å². The highest BCUT2D eigenvalue weighted by Crippen LogP contribution is 2.18. The highest BCUT2D eigenvalue weighted by Gasteiger charge is 2.07. The first kappa shape index (κ1) is 24.0. The maximum absolute atomic E-state index is 5.23. The molecule has 0 bridgehead atoms. The lowest BCUT2D eigenvalue weighted by molar-refractivity contribution is 0.307. The molecule has 0 radical (unpaired) electrons. The van der Waals surface area contributed by atoms with Crippen LogP contribution in [0.4, 0.5) is 5.69 Å². The molecule has 1 aromatic carbocycles. The zero-order valence-corrected chi connectivity index (χ0v) is 17.8. The summed E-state index contributed by atoms with van der Waals surface area (Å²) in [5.74, 6) is 0.791. The van der Waals surface area contributed by atoms with Crippen LogP contribution >= 0.6 is 0 Å². The molecule has 2 nitrogen and oxygen atoms in total. The van der Waals surface area contributed by atoms with Crippen LogP contribution in [0.3, 0.4) is 0 Å². The fourth-order valence-corrected chi connectivity index (χ4v) is 2.58. The number of hydrogen-bond acceptors (Lipinski definition) is 2. The van der Waals surface area contributed by atoms with Crippen molar-refractivity contribution in [2.45, 2.75) is 60.3 Å². The van der Waals surface area contributed by atoms with Crippen molar-refractivity contribution in [2.75, 3.05) is 25.1 Å². The topological polar surface area (TPSA) is 12.5 Å². The molecule has 0 atom stereocenters. The van der Waals surface area contributed by atoms with Crippen LogP contribution in [0.1, 0.15) is 58.9 Å². The van der Waals surface area contributed by atoms with E-state index in [0.717, 1.165) is 18.8 Å². The van der Waals surface area contributed by atoms with Gasteiger partial charge in [0.05, 0.1) is 7.11 Å². The molecule has 0 spiro atoms. The quantitative estimate of drug-likeness (QED) is 0.238. The monoisotopic (exact) mass is 357 g/mol. The third kappa shape index (κ3) is 10.1. The number of benzene rings is 1.